The lowest BCUT2D eigenvalue weighted by atomic mass is 9.98. The standard InChI is InChI=1S/C20H20ClN5/c21-16-5-7-17(8-6-16)24-19-11-18(14-3-1-9-22-12-14)25-20(26-19)15-4-2-10-23-13-15/h1,3,5-9,11-12,15,23H,2,4,10,13H2,(H,24,25,26). The van der Waals surface area contributed by atoms with Gasteiger partial charge in [0.2, 0.25) is 0 Å². The number of halogens is 1. The normalized spacial score (nSPS) is 17.0. The minimum absolute atomic E-state index is 0.325. The lowest BCUT2D eigenvalue weighted by Crippen LogP contribution is -2.29. The summed E-state index contributed by atoms with van der Waals surface area (Å²) in [7, 11) is 0. The highest BCUT2D eigenvalue weighted by atomic mass is 35.5. The third-order valence-corrected chi connectivity index (χ3v) is 4.73. The van der Waals surface area contributed by atoms with Crippen LogP contribution in [0.1, 0.15) is 24.6 Å². The maximum Gasteiger partial charge on any atom is 0.135 e. The molecule has 2 aromatic heterocycles. The second kappa shape index (κ2) is 7.81. The van der Waals surface area contributed by atoms with E-state index in [2.05, 4.69) is 15.6 Å². The third-order valence-electron chi connectivity index (χ3n) is 4.48. The van der Waals surface area contributed by atoms with Crippen molar-refractivity contribution in [2.45, 2.75) is 18.8 Å². The molecular formula is C20H20ClN5. The molecule has 0 aliphatic carbocycles. The number of nitrogens with one attached hydrogen (secondary N) is 2. The average molecular weight is 366 g/mol. The highest BCUT2D eigenvalue weighted by Gasteiger charge is 2.19. The first-order valence-electron chi connectivity index (χ1n) is 8.80. The summed E-state index contributed by atoms with van der Waals surface area (Å²) < 4.78 is 0. The maximum absolute atomic E-state index is 5.98. The monoisotopic (exact) mass is 365 g/mol. The molecule has 1 aromatic carbocycles. The summed E-state index contributed by atoms with van der Waals surface area (Å²) in [5.74, 6) is 1.97. The molecule has 6 heteroatoms. The molecule has 1 atom stereocenters. The molecule has 5 nitrogen and oxygen atoms in total. The van der Waals surface area contributed by atoms with Gasteiger partial charge in [-0.3, -0.25) is 4.98 Å². The molecule has 1 aliphatic rings. The number of piperidine rings is 1. The fraction of sp³-hybridized carbons (Fsp3) is 0.250. The Bertz CT molecular complexity index is 861. The van der Waals surface area contributed by atoms with E-state index in [-0.39, 0.29) is 0 Å². The summed E-state index contributed by atoms with van der Waals surface area (Å²) in [5.41, 5.74) is 2.81. The van der Waals surface area contributed by atoms with E-state index >= 15 is 0 Å². The van der Waals surface area contributed by atoms with Crippen molar-refractivity contribution >= 4 is 23.1 Å². The smallest absolute Gasteiger partial charge is 0.135 e. The van der Waals surface area contributed by atoms with Crippen molar-refractivity contribution < 1.29 is 0 Å². The molecule has 0 bridgehead atoms. The van der Waals surface area contributed by atoms with Gasteiger partial charge in [-0.25, -0.2) is 9.97 Å². The van der Waals surface area contributed by atoms with Gasteiger partial charge in [-0.05, 0) is 55.8 Å². The summed E-state index contributed by atoms with van der Waals surface area (Å²) in [6, 6.07) is 13.5. The first kappa shape index (κ1) is 16.9. The van der Waals surface area contributed by atoms with E-state index in [9.17, 15) is 0 Å². The molecule has 1 fully saturated rings. The first-order chi connectivity index (χ1) is 12.8. The van der Waals surface area contributed by atoms with Gasteiger partial charge < -0.3 is 10.6 Å². The van der Waals surface area contributed by atoms with Crippen LogP contribution in [-0.4, -0.2) is 28.0 Å². The second-order valence-electron chi connectivity index (χ2n) is 6.41. The van der Waals surface area contributed by atoms with Crippen molar-refractivity contribution in [1.82, 2.24) is 20.3 Å². The molecule has 1 aliphatic heterocycles. The minimum atomic E-state index is 0.325. The molecule has 4 rings (SSSR count). The van der Waals surface area contributed by atoms with Gasteiger partial charge in [-0.2, -0.15) is 0 Å². The Hall–Kier alpha value is -2.50. The van der Waals surface area contributed by atoms with Gasteiger partial charge in [-0.15, -0.1) is 0 Å². The van der Waals surface area contributed by atoms with E-state index in [0.717, 1.165) is 54.5 Å². The zero-order valence-corrected chi connectivity index (χ0v) is 15.1. The highest BCUT2D eigenvalue weighted by molar-refractivity contribution is 6.30. The predicted molar refractivity (Wildman–Crippen MR) is 105 cm³/mol. The number of aromatic nitrogens is 3. The zero-order valence-electron chi connectivity index (χ0n) is 14.3. The molecule has 132 valence electrons. The maximum atomic E-state index is 5.98. The number of nitrogens with zero attached hydrogens (tertiary/aromatic N) is 3. The molecule has 1 unspecified atom stereocenters. The van der Waals surface area contributed by atoms with Crippen LogP contribution in [0.4, 0.5) is 11.5 Å². The van der Waals surface area contributed by atoms with E-state index in [4.69, 9.17) is 21.6 Å². The van der Waals surface area contributed by atoms with Gasteiger partial charge in [-0.1, -0.05) is 11.6 Å². The Morgan fingerprint density at radius 2 is 2.00 bits per heavy atom. The third kappa shape index (κ3) is 4.00. The predicted octanol–water partition coefficient (Wildman–Crippen LogP) is 4.40. The molecule has 26 heavy (non-hydrogen) atoms. The van der Waals surface area contributed by atoms with Crippen LogP contribution >= 0.6 is 11.6 Å². The molecule has 3 heterocycles. The topological polar surface area (TPSA) is 62.7 Å². The quantitative estimate of drug-likeness (QED) is 0.717. The molecule has 0 amide bonds. The van der Waals surface area contributed by atoms with Crippen LogP contribution in [0.25, 0.3) is 11.3 Å². The molecular weight excluding hydrogens is 346 g/mol. The highest BCUT2D eigenvalue weighted by Crippen LogP contribution is 2.27. The molecule has 1 saturated heterocycles. The Kier molecular flexibility index (Phi) is 5.09. The van der Waals surface area contributed by atoms with E-state index in [0.29, 0.717) is 10.9 Å². The molecule has 0 radical (unpaired) electrons. The van der Waals surface area contributed by atoms with Gasteiger partial charge in [0.1, 0.15) is 11.6 Å². The SMILES string of the molecule is Clc1ccc(Nc2cc(-c3cccnc3)nc(C3CCCNC3)n2)cc1. The van der Waals surface area contributed by atoms with Crippen molar-refractivity contribution in [3.05, 3.63) is 65.7 Å². The van der Waals surface area contributed by atoms with E-state index < -0.39 is 0 Å². The van der Waals surface area contributed by atoms with Crippen molar-refractivity contribution in [1.29, 1.82) is 0 Å². The van der Waals surface area contributed by atoms with Crippen LogP contribution in [0.15, 0.2) is 54.9 Å². The molecule has 2 N–H and O–H groups in total. The summed E-state index contributed by atoms with van der Waals surface area (Å²) in [6.45, 7) is 1.98. The summed E-state index contributed by atoms with van der Waals surface area (Å²) >= 11 is 5.98. The molecule has 0 saturated carbocycles. The number of hydrogen-bond acceptors (Lipinski definition) is 5. The van der Waals surface area contributed by atoms with Gasteiger partial charge in [0, 0.05) is 47.2 Å². The Balaban J connectivity index is 1.70. The summed E-state index contributed by atoms with van der Waals surface area (Å²) in [5, 5.41) is 7.52. The number of benzene rings is 1. The number of anilines is 2. The van der Waals surface area contributed by atoms with Gasteiger partial charge >= 0.3 is 0 Å². The number of hydrogen-bond donors (Lipinski definition) is 2. The van der Waals surface area contributed by atoms with Crippen LogP contribution in [0.3, 0.4) is 0 Å². The Labute approximate surface area is 157 Å². The zero-order chi connectivity index (χ0) is 17.8. The van der Waals surface area contributed by atoms with Crippen LogP contribution in [0.5, 0.6) is 0 Å². The van der Waals surface area contributed by atoms with Crippen LogP contribution in [-0.2, 0) is 0 Å². The minimum Gasteiger partial charge on any atom is -0.340 e. The lowest BCUT2D eigenvalue weighted by molar-refractivity contribution is 0.447. The van der Waals surface area contributed by atoms with Crippen LogP contribution < -0.4 is 10.6 Å². The van der Waals surface area contributed by atoms with Crippen molar-refractivity contribution in [3.8, 4) is 11.3 Å². The summed E-state index contributed by atoms with van der Waals surface area (Å²) in [4.78, 5) is 13.8. The van der Waals surface area contributed by atoms with E-state index in [1.807, 2.05) is 48.7 Å². The molecule has 3 aromatic rings. The van der Waals surface area contributed by atoms with Gasteiger partial charge in [0.25, 0.3) is 0 Å². The fourth-order valence-corrected chi connectivity index (χ4v) is 3.25. The van der Waals surface area contributed by atoms with Gasteiger partial charge in [0.15, 0.2) is 0 Å². The lowest BCUT2D eigenvalue weighted by Gasteiger charge is -2.22. The Morgan fingerprint density at radius 3 is 2.73 bits per heavy atom. The largest absolute Gasteiger partial charge is 0.340 e. The number of rotatable bonds is 4. The van der Waals surface area contributed by atoms with Crippen LogP contribution in [0, 0.1) is 0 Å². The van der Waals surface area contributed by atoms with E-state index in [1.54, 1.807) is 6.20 Å². The first-order valence-corrected chi connectivity index (χ1v) is 9.18. The molecule has 0 spiro atoms. The van der Waals surface area contributed by atoms with E-state index in [1.165, 1.54) is 0 Å². The van der Waals surface area contributed by atoms with Gasteiger partial charge in [0.05, 0.1) is 5.69 Å². The van der Waals surface area contributed by atoms with Crippen molar-refractivity contribution in [3.63, 3.8) is 0 Å². The fourth-order valence-electron chi connectivity index (χ4n) is 3.13. The number of pyridine rings is 1. The average Bonchev–Trinajstić information content (AvgIpc) is 2.71. The second-order valence-corrected chi connectivity index (χ2v) is 6.85. The van der Waals surface area contributed by atoms with Crippen molar-refractivity contribution in [2.75, 3.05) is 18.4 Å². The Morgan fingerprint density at radius 1 is 1.12 bits per heavy atom. The van der Waals surface area contributed by atoms with Crippen molar-refractivity contribution in [2.24, 2.45) is 0 Å². The van der Waals surface area contributed by atoms with Crippen LogP contribution in [0.2, 0.25) is 5.02 Å². The summed E-state index contributed by atoms with van der Waals surface area (Å²) in [6.07, 6.45) is 5.84.